The van der Waals surface area contributed by atoms with E-state index in [0.717, 1.165) is 0 Å². The Hall–Kier alpha value is -2.99. The van der Waals surface area contributed by atoms with Crippen LogP contribution in [-0.4, -0.2) is 20.2 Å². The standard InChI is InChI=1S/C16H9ClN4O2/c17-10-5-3-4-9(8-10)15-20-21-16(23-15)13-14(22)19-12-7-2-1-6-11(12)18-13/h1-8H,(H,19,22). The molecule has 0 saturated heterocycles. The Morgan fingerprint density at radius 1 is 1.00 bits per heavy atom. The number of para-hydroxylation sites is 2. The molecule has 0 aliphatic heterocycles. The van der Waals surface area contributed by atoms with Gasteiger partial charge in [0.05, 0.1) is 11.0 Å². The number of aromatic nitrogens is 4. The highest BCUT2D eigenvalue weighted by molar-refractivity contribution is 6.30. The van der Waals surface area contributed by atoms with Gasteiger partial charge in [-0.3, -0.25) is 4.79 Å². The molecule has 6 nitrogen and oxygen atoms in total. The van der Waals surface area contributed by atoms with Crippen molar-refractivity contribution in [2.24, 2.45) is 0 Å². The molecule has 0 saturated carbocycles. The Morgan fingerprint density at radius 2 is 1.83 bits per heavy atom. The van der Waals surface area contributed by atoms with Gasteiger partial charge in [0, 0.05) is 10.6 Å². The van der Waals surface area contributed by atoms with Gasteiger partial charge in [-0.05, 0) is 30.3 Å². The summed E-state index contributed by atoms with van der Waals surface area (Å²) in [4.78, 5) is 19.2. The van der Waals surface area contributed by atoms with Gasteiger partial charge in [0.2, 0.25) is 5.89 Å². The van der Waals surface area contributed by atoms with E-state index in [1.165, 1.54) is 0 Å². The summed E-state index contributed by atoms with van der Waals surface area (Å²) in [5.74, 6) is 0.337. The van der Waals surface area contributed by atoms with Gasteiger partial charge < -0.3 is 9.40 Å². The van der Waals surface area contributed by atoms with E-state index in [0.29, 0.717) is 21.6 Å². The topological polar surface area (TPSA) is 84.7 Å². The summed E-state index contributed by atoms with van der Waals surface area (Å²) in [5, 5.41) is 8.43. The number of benzene rings is 2. The van der Waals surface area contributed by atoms with Crippen LogP contribution in [0.4, 0.5) is 0 Å². The molecule has 4 rings (SSSR count). The van der Waals surface area contributed by atoms with Crippen LogP contribution in [0.1, 0.15) is 0 Å². The first kappa shape index (κ1) is 13.7. The average Bonchev–Trinajstić information content (AvgIpc) is 3.04. The molecule has 0 bridgehead atoms. The maximum Gasteiger partial charge on any atom is 0.280 e. The molecule has 112 valence electrons. The van der Waals surface area contributed by atoms with E-state index in [4.69, 9.17) is 16.0 Å². The molecular weight excluding hydrogens is 316 g/mol. The van der Waals surface area contributed by atoms with Gasteiger partial charge in [0.1, 0.15) is 0 Å². The lowest BCUT2D eigenvalue weighted by atomic mass is 10.2. The summed E-state index contributed by atoms with van der Waals surface area (Å²) in [6, 6.07) is 14.3. The van der Waals surface area contributed by atoms with Gasteiger partial charge in [0.15, 0.2) is 5.69 Å². The predicted molar refractivity (Wildman–Crippen MR) is 86.1 cm³/mol. The van der Waals surface area contributed by atoms with Crippen molar-refractivity contribution in [1.82, 2.24) is 20.2 Å². The van der Waals surface area contributed by atoms with Gasteiger partial charge in [-0.15, -0.1) is 10.2 Å². The number of hydrogen-bond donors (Lipinski definition) is 1. The zero-order valence-corrected chi connectivity index (χ0v) is 12.4. The van der Waals surface area contributed by atoms with Crippen molar-refractivity contribution in [3.63, 3.8) is 0 Å². The molecule has 0 fully saturated rings. The summed E-state index contributed by atoms with van der Waals surface area (Å²) >= 11 is 5.95. The molecule has 0 spiro atoms. The van der Waals surface area contributed by atoms with E-state index in [1.807, 2.05) is 12.1 Å². The number of hydrogen-bond acceptors (Lipinski definition) is 5. The van der Waals surface area contributed by atoms with Crippen LogP contribution in [0.15, 0.2) is 57.7 Å². The van der Waals surface area contributed by atoms with Crippen molar-refractivity contribution >= 4 is 22.6 Å². The van der Waals surface area contributed by atoms with Gasteiger partial charge in [-0.1, -0.05) is 29.8 Å². The molecule has 0 radical (unpaired) electrons. The second kappa shape index (κ2) is 5.33. The number of nitrogens with zero attached hydrogens (tertiary/aromatic N) is 3. The number of H-pyrrole nitrogens is 1. The van der Waals surface area contributed by atoms with Crippen molar-refractivity contribution < 1.29 is 4.42 Å². The smallest absolute Gasteiger partial charge is 0.280 e. The lowest BCUT2D eigenvalue weighted by molar-refractivity contribution is 0.581. The fourth-order valence-corrected chi connectivity index (χ4v) is 2.42. The minimum Gasteiger partial charge on any atom is -0.414 e. The first-order chi connectivity index (χ1) is 11.2. The maximum absolute atomic E-state index is 12.2. The minimum absolute atomic E-state index is 0.0620. The Kier molecular flexibility index (Phi) is 3.17. The first-order valence-corrected chi connectivity index (χ1v) is 7.17. The molecule has 2 aromatic heterocycles. The van der Waals surface area contributed by atoms with E-state index in [1.54, 1.807) is 36.4 Å². The third-order valence-corrected chi connectivity index (χ3v) is 3.53. The van der Waals surface area contributed by atoms with Crippen LogP contribution >= 0.6 is 11.6 Å². The number of rotatable bonds is 2. The van der Waals surface area contributed by atoms with Crippen molar-refractivity contribution in [2.75, 3.05) is 0 Å². The fourth-order valence-electron chi connectivity index (χ4n) is 2.23. The second-order valence-electron chi connectivity index (χ2n) is 4.85. The van der Waals surface area contributed by atoms with Crippen molar-refractivity contribution in [2.45, 2.75) is 0 Å². The van der Waals surface area contributed by atoms with Gasteiger partial charge in [-0.25, -0.2) is 4.98 Å². The van der Waals surface area contributed by atoms with E-state index in [9.17, 15) is 4.79 Å². The summed E-state index contributed by atoms with van der Waals surface area (Å²) in [6.07, 6.45) is 0. The van der Waals surface area contributed by atoms with Gasteiger partial charge in [-0.2, -0.15) is 0 Å². The number of nitrogens with one attached hydrogen (secondary N) is 1. The quantitative estimate of drug-likeness (QED) is 0.611. The van der Waals surface area contributed by atoms with Crippen LogP contribution < -0.4 is 5.56 Å². The minimum atomic E-state index is -0.384. The second-order valence-corrected chi connectivity index (χ2v) is 5.29. The van der Waals surface area contributed by atoms with Crippen molar-refractivity contribution in [1.29, 1.82) is 0 Å². The molecule has 23 heavy (non-hydrogen) atoms. The summed E-state index contributed by atoms with van der Waals surface area (Å²) in [5.41, 5.74) is 1.67. The molecule has 0 aliphatic rings. The van der Waals surface area contributed by atoms with Gasteiger partial charge in [0.25, 0.3) is 11.4 Å². The lowest BCUT2D eigenvalue weighted by Gasteiger charge is -1.98. The molecule has 0 amide bonds. The van der Waals surface area contributed by atoms with Crippen LogP contribution in [0.3, 0.4) is 0 Å². The average molecular weight is 325 g/mol. The van der Waals surface area contributed by atoms with Gasteiger partial charge >= 0.3 is 0 Å². The van der Waals surface area contributed by atoms with E-state index in [2.05, 4.69) is 20.2 Å². The Bertz CT molecular complexity index is 1070. The summed E-state index contributed by atoms with van der Waals surface area (Å²) in [7, 11) is 0. The van der Waals surface area contributed by atoms with E-state index >= 15 is 0 Å². The number of aromatic amines is 1. The highest BCUT2D eigenvalue weighted by Crippen LogP contribution is 2.24. The molecule has 0 atom stereocenters. The molecule has 7 heteroatoms. The lowest BCUT2D eigenvalue weighted by Crippen LogP contribution is -2.11. The van der Waals surface area contributed by atoms with E-state index in [-0.39, 0.29) is 23.0 Å². The first-order valence-electron chi connectivity index (χ1n) is 6.79. The zero-order chi connectivity index (χ0) is 15.8. The number of fused-ring (bicyclic) bond motifs is 1. The van der Waals surface area contributed by atoms with Crippen LogP contribution in [0.2, 0.25) is 5.02 Å². The monoisotopic (exact) mass is 324 g/mol. The third kappa shape index (κ3) is 2.49. The molecule has 1 N–H and O–H groups in total. The summed E-state index contributed by atoms with van der Waals surface area (Å²) < 4.78 is 5.58. The maximum atomic E-state index is 12.2. The van der Waals surface area contributed by atoms with Crippen molar-refractivity contribution in [3.05, 3.63) is 63.9 Å². The zero-order valence-electron chi connectivity index (χ0n) is 11.7. The van der Waals surface area contributed by atoms with Crippen LogP contribution in [-0.2, 0) is 0 Å². The third-order valence-electron chi connectivity index (χ3n) is 3.30. The number of halogens is 1. The molecule has 0 aliphatic carbocycles. The SMILES string of the molecule is O=c1[nH]c2ccccc2nc1-c1nnc(-c2cccc(Cl)c2)o1. The fraction of sp³-hybridized carbons (Fsp3) is 0. The van der Waals surface area contributed by atoms with Crippen molar-refractivity contribution in [3.8, 4) is 23.0 Å². The Morgan fingerprint density at radius 3 is 2.70 bits per heavy atom. The Labute approximate surface area is 134 Å². The Balaban J connectivity index is 1.83. The molecule has 0 unspecified atom stereocenters. The van der Waals surface area contributed by atoms with Crippen LogP contribution in [0.25, 0.3) is 34.1 Å². The predicted octanol–water partition coefficient (Wildman–Crippen LogP) is 3.29. The highest BCUT2D eigenvalue weighted by atomic mass is 35.5. The van der Waals surface area contributed by atoms with E-state index < -0.39 is 0 Å². The van der Waals surface area contributed by atoms with Crippen LogP contribution in [0.5, 0.6) is 0 Å². The molecule has 2 heterocycles. The largest absolute Gasteiger partial charge is 0.414 e. The summed E-state index contributed by atoms with van der Waals surface area (Å²) in [6.45, 7) is 0. The molecule has 4 aromatic rings. The molecular formula is C16H9ClN4O2. The normalized spacial score (nSPS) is 11.0. The van der Waals surface area contributed by atoms with Crippen LogP contribution in [0, 0.1) is 0 Å². The molecule has 2 aromatic carbocycles. The highest BCUT2D eigenvalue weighted by Gasteiger charge is 2.16.